The molecule has 2 aliphatic heterocycles. The molecule has 8 nitrogen and oxygen atoms in total. The van der Waals surface area contributed by atoms with Crippen LogP contribution in [-0.4, -0.2) is 89.9 Å². The van der Waals surface area contributed by atoms with Crippen LogP contribution in [0.2, 0.25) is 0 Å². The lowest BCUT2D eigenvalue weighted by atomic mass is 10.0. The van der Waals surface area contributed by atoms with E-state index in [2.05, 4.69) is 43.9 Å². The first kappa shape index (κ1) is 39.3. The topological polar surface area (TPSA) is 63.2 Å². The molecule has 0 N–H and O–H groups in total. The summed E-state index contributed by atoms with van der Waals surface area (Å²) in [6, 6.07) is 37.9. The summed E-state index contributed by atoms with van der Waals surface area (Å²) in [7, 11) is 0. The molecule has 0 saturated carbocycles. The fourth-order valence-electron chi connectivity index (χ4n) is 7.48. The van der Waals surface area contributed by atoms with Crippen LogP contribution in [0.1, 0.15) is 27.8 Å². The Morgan fingerprint density at radius 1 is 0.667 bits per heavy atom. The van der Waals surface area contributed by atoms with E-state index in [1.165, 1.54) is 29.8 Å². The second-order valence-electron chi connectivity index (χ2n) is 14.5. The number of benzene rings is 4. The molecular weight excluding hydrogens is 726 g/mol. The molecule has 2 amide bonds. The summed E-state index contributed by atoms with van der Waals surface area (Å²) in [4.78, 5) is 43.9. The van der Waals surface area contributed by atoms with Crippen molar-refractivity contribution in [1.29, 1.82) is 0 Å². The highest BCUT2D eigenvalue weighted by Gasteiger charge is 2.34. The van der Waals surface area contributed by atoms with Crippen LogP contribution in [0.5, 0.6) is 0 Å². The molecule has 2 fully saturated rings. The summed E-state index contributed by atoms with van der Waals surface area (Å²) in [5.74, 6) is 0.441. The molecule has 2 saturated heterocycles. The number of carbonyl (C=O) groups excluding carboxylic acids is 2. The van der Waals surface area contributed by atoms with Crippen molar-refractivity contribution in [2.45, 2.75) is 31.7 Å². The molecule has 1 atom stereocenters. The van der Waals surface area contributed by atoms with Crippen LogP contribution >= 0.6 is 0 Å². The first-order valence-corrected chi connectivity index (χ1v) is 19.4. The minimum Gasteiger partial charge on any atom is -0.368 e. The van der Waals surface area contributed by atoms with Gasteiger partial charge in [0.2, 0.25) is 11.8 Å². The fourth-order valence-corrected chi connectivity index (χ4v) is 7.48. The second-order valence-corrected chi connectivity index (χ2v) is 14.5. The van der Waals surface area contributed by atoms with Gasteiger partial charge in [-0.05, 0) is 64.7 Å². The van der Waals surface area contributed by atoms with Gasteiger partial charge in [-0.2, -0.15) is 13.2 Å². The van der Waals surface area contributed by atoms with Crippen LogP contribution < -0.4 is 9.80 Å². The summed E-state index contributed by atoms with van der Waals surface area (Å²) in [5.41, 5.74) is 3.76. The van der Waals surface area contributed by atoms with Gasteiger partial charge in [-0.15, -0.1) is 0 Å². The van der Waals surface area contributed by atoms with Crippen LogP contribution in [-0.2, 0) is 35.3 Å². The van der Waals surface area contributed by atoms with Crippen molar-refractivity contribution in [3.63, 3.8) is 0 Å². The zero-order valence-corrected chi connectivity index (χ0v) is 31.8. The second kappa shape index (κ2) is 18.3. The van der Waals surface area contributed by atoms with Crippen molar-refractivity contribution in [3.05, 3.63) is 167 Å². The molecular formula is C46H47F3N6O2. The number of pyridine rings is 1. The average molecular weight is 773 g/mol. The van der Waals surface area contributed by atoms with Gasteiger partial charge in [0, 0.05) is 89.8 Å². The van der Waals surface area contributed by atoms with E-state index >= 15 is 0 Å². The molecule has 7 rings (SSSR count). The van der Waals surface area contributed by atoms with Crippen LogP contribution in [0.25, 0.3) is 6.08 Å². The zero-order chi connectivity index (χ0) is 39.6. The highest BCUT2D eigenvalue weighted by atomic mass is 19.4. The summed E-state index contributed by atoms with van der Waals surface area (Å²) in [6.45, 7) is 6.80. The Bertz CT molecular complexity index is 2070. The lowest BCUT2D eigenvalue weighted by molar-refractivity contribution is -0.145. The predicted octanol–water partition coefficient (Wildman–Crippen LogP) is 7.42. The number of piperazine rings is 2. The lowest BCUT2D eigenvalue weighted by Crippen LogP contribution is -2.56. The van der Waals surface area contributed by atoms with E-state index in [9.17, 15) is 22.8 Å². The Labute approximate surface area is 332 Å². The van der Waals surface area contributed by atoms with Gasteiger partial charge in [0.15, 0.2) is 0 Å². The summed E-state index contributed by atoms with van der Waals surface area (Å²) < 4.78 is 39.7. The highest BCUT2D eigenvalue weighted by Crippen LogP contribution is 2.29. The van der Waals surface area contributed by atoms with Gasteiger partial charge in [0.1, 0.15) is 11.9 Å². The van der Waals surface area contributed by atoms with E-state index < -0.39 is 23.7 Å². The molecule has 0 spiro atoms. The smallest absolute Gasteiger partial charge is 0.368 e. The van der Waals surface area contributed by atoms with E-state index in [1.54, 1.807) is 4.90 Å². The normalized spacial score (nSPS) is 15.8. The number of rotatable bonds is 12. The number of hydrogen-bond acceptors (Lipinski definition) is 6. The first-order chi connectivity index (χ1) is 27.7. The van der Waals surface area contributed by atoms with Crippen LogP contribution in [0.15, 0.2) is 140 Å². The Balaban J connectivity index is 1.12. The van der Waals surface area contributed by atoms with Crippen LogP contribution in [0, 0.1) is 0 Å². The molecule has 294 valence electrons. The number of aromatic nitrogens is 1. The van der Waals surface area contributed by atoms with Gasteiger partial charge in [-0.1, -0.05) is 91.0 Å². The number of nitrogens with zero attached hydrogens (tertiary/aromatic N) is 6. The maximum atomic E-state index is 14.7. The SMILES string of the molecule is O=C([C@H](Cc1ccccc1)N(Cc1ccc(N2CCN(c3ccccn3)CC2)cc1)C(=O)/C=C/c1ccc(C(F)(F)F)cc1)N1CCN(Cc2ccccc2)CC1. The fraction of sp³-hybridized carbons (Fsp3) is 0.283. The summed E-state index contributed by atoms with van der Waals surface area (Å²) in [6.07, 6.45) is 0.527. The maximum absolute atomic E-state index is 14.7. The number of amides is 2. The molecule has 4 aromatic carbocycles. The van der Waals surface area contributed by atoms with Crippen LogP contribution in [0.4, 0.5) is 24.7 Å². The molecule has 3 heterocycles. The van der Waals surface area contributed by atoms with E-state index in [4.69, 9.17) is 0 Å². The molecule has 2 aliphatic rings. The van der Waals surface area contributed by atoms with Gasteiger partial charge in [0.25, 0.3) is 0 Å². The standard InChI is InChI=1S/C46H47F3N6O2/c47-46(48,49)40-19-14-36(15-20-40)18-23-44(56)55(35-39-16-21-41(22-17-39)52-29-31-53(32-30-52)43-13-7-8-24-50-43)42(33-37-9-3-1-4-10-37)45(57)54-27-25-51(26-28-54)34-38-11-5-2-6-12-38/h1-24,42H,25-35H2/b23-18+/t42-/m0/s1. The van der Waals surface area contributed by atoms with E-state index in [0.717, 1.165) is 67.5 Å². The van der Waals surface area contributed by atoms with Crippen molar-refractivity contribution in [2.24, 2.45) is 0 Å². The van der Waals surface area contributed by atoms with E-state index in [-0.39, 0.29) is 12.5 Å². The molecule has 1 aromatic heterocycles. The van der Waals surface area contributed by atoms with E-state index in [0.29, 0.717) is 38.2 Å². The quantitative estimate of drug-likeness (QED) is 0.123. The predicted molar refractivity (Wildman–Crippen MR) is 218 cm³/mol. The molecule has 0 radical (unpaired) electrons. The minimum atomic E-state index is -4.46. The molecule has 0 aliphatic carbocycles. The third-order valence-corrected chi connectivity index (χ3v) is 10.7. The first-order valence-electron chi connectivity index (χ1n) is 19.4. The Morgan fingerprint density at radius 2 is 1.28 bits per heavy atom. The minimum absolute atomic E-state index is 0.128. The summed E-state index contributed by atoms with van der Waals surface area (Å²) in [5, 5.41) is 0. The molecule has 0 unspecified atom stereocenters. The third-order valence-electron chi connectivity index (χ3n) is 10.7. The monoisotopic (exact) mass is 772 g/mol. The number of carbonyl (C=O) groups is 2. The van der Waals surface area contributed by atoms with Crippen molar-refractivity contribution in [2.75, 3.05) is 62.2 Å². The number of hydrogen-bond donors (Lipinski definition) is 0. The molecule has 11 heteroatoms. The highest BCUT2D eigenvalue weighted by molar-refractivity contribution is 5.95. The zero-order valence-electron chi connectivity index (χ0n) is 31.8. The largest absolute Gasteiger partial charge is 0.416 e. The molecule has 0 bridgehead atoms. The summed E-state index contributed by atoms with van der Waals surface area (Å²) >= 11 is 0. The van der Waals surface area contributed by atoms with Gasteiger partial charge in [-0.3, -0.25) is 14.5 Å². The number of alkyl halides is 3. The van der Waals surface area contributed by atoms with Crippen molar-refractivity contribution in [1.82, 2.24) is 19.7 Å². The van der Waals surface area contributed by atoms with Gasteiger partial charge in [0.05, 0.1) is 5.56 Å². The Kier molecular flexibility index (Phi) is 12.6. The van der Waals surface area contributed by atoms with Crippen LogP contribution in [0.3, 0.4) is 0 Å². The number of halogens is 3. The Morgan fingerprint density at radius 3 is 1.89 bits per heavy atom. The lowest BCUT2D eigenvalue weighted by Gasteiger charge is -2.39. The van der Waals surface area contributed by atoms with E-state index in [1.807, 2.05) is 90.0 Å². The molecule has 57 heavy (non-hydrogen) atoms. The maximum Gasteiger partial charge on any atom is 0.416 e. The van der Waals surface area contributed by atoms with Crippen molar-refractivity contribution in [3.8, 4) is 0 Å². The van der Waals surface area contributed by atoms with Crippen molar-refractivity contribution >= 4 is 29.4 Å². The molecule has 5 aromatic rings. The Hall–Kier alpha value is -5.94. The van der Waals surface area contributed by atoms with Gasteiger partial charge in [-0.25, -0.2) is 4.98 Å². The number of anilines is 2. The van der Waals surface area contributed by atoms with Crippen molar-refractivity contribution < 1.29 is 22.8 Å². The average Bonchev–Trinajstić information content (AvgIpc) is 3.25. The van der Waals surface area contributed by atoms with Gasteiger partial charge >= 0.3 is 6.18 Å². The van der Waals surface area contributed by atoms with Gasteiger partial charge < -0.3 is 19.6 Å². The third kappa shape index (κ3) is 10.5.